The van der Waals surface area contributed by atoms with Crippen molar-refractivity contribution < 1.29 is 8.78 Å². The van der Waals surface area contributed by atoms with Gasteiger partial charge in [0.25, 0.3) is 0 Å². The van der Waals surface area contributed by atoms with Crippen molar-refractivity contribution in [1.82, 2.24) is 24.3 Å². The molecule has 9 heteroatoms. The highest BCUT2D eigenvalue weighted by atomic mass is 32.2. The lowest BCUT2D eigenvalue weighted by Gasteiger charge is -2.07. The molecule has 0 radical (unpaired) electrons. The van der Waals surface area contributed by atoms with Crippen LogP contribution in [0.1, 0.15) is 25.1 Å². The highest BCUT2D eigenvalue weighted by Gasteiger charge is 2.14. The maximum Gasteiger partial charge on any atom is 0.319 e. The second-order valence-electron chi connectivity index (χ2n) is 3.66. The number of thioether (sulfide) groups is 1. The highest BCUT2D eigenvalue weighted by molar-refractivity contribution is 7.98. The third-order valence-electron chi connectivity index (χ3n) is 2.58. The van der Waals surface area contributed by atoms with Crippen molar-refractivity contribution in [2.24, 2.45) is 5.73 Å². The summed E-state index contributed by atoms with van der Waals surface area (Å²) in [6.07, 6.45) is 2.62. The van der Waals surface area contributed by atoms with Gasteiger partial charge in [-0.3, -0.25) is 4.57 Å². The first-order valence-electron chi connectivity index (χ1n) is 5.72. The molecule has 2 heterocycles. The van der Waals surface area contributed by atoms with Crippen molar-refractivity contribution in [2.45, 2.75) is 37.5 Å². The Bertz CT molecular complexity index is 538. The molecular formula is C10H14F2N6S. The van der Waals surface area contributed by atoms with Gasteiger partial charge < -0.3 is 10.3 Å². The number of nitrogens with zero attached hydrogens (tertiary/aromatic N) is 5. The Morgan fingerprint density at radius 2 is 2.16 bits per heavy atom. The van der Waals surface area contributed by atoms with E-state index in [1.54, 1.807) is 0 Å². The number of nitrogens with two attached hydrogens (primary N) is 1. The van der Waals surface area contributed by atoms with E-state index in [-0.39, 0.29) is 0 Å². The largest absolute Gasteiger partial charge is 0.324 e. The lowest BCUT2D eigenvalue weighted by molar-refractivity contribution is 0.0678. The average molecular weight is 288 g/mol. The second-order valence-corrected chi connectivity index (χ2v) is 4.61. The summed E-state index contributed by atoms with van der Waals surface area (Å²) in [5.74, 6) is 1.29. The number of hydrogen-bond donors (Lipinski definition) is 1. The standard InChI is InChI=1S/C10H14F2N6S/c1-2-17-7(5-13)15-16-10(17)19-6-8-14-3-4-18(8)9(11)12/h3-4,9H,2,5-6,13H2,1H3. The SMILES string of the molecule is CCn1c(CN)nnc1SCc1nccn1C(F)F. The molecule has 19 heavy (non-hydrogen) atoms. The summed E-state index contributed by atoms with van der Waals surface area (Å²) < 4.78 is 28.0. The Labute approximate surface area is 113 Å². The molecule has 0 bridgehead atoms. The van der Waals surface area contributed by atoms with E-state index < -0.39 is 6.55 Å². The molecule has 0 aliphatic carbocycles. The third kappa shape index (κ3) is 2.92. The Morgan fingerprint density at radius 3 is 2.79 bits per heavy atom. The van der Waals surface area contributed by atoms with Crippen LogP contribution in [0, 0.1) is 0 Å². The minimum atomic E-state index is -2.58. The molecule has 2 aromatic rings. The lowest BCUT2D eigenvalue weighted by Crippen LogP contribution is -2.08. The zero-order valence-electron chi connectivity index (χ0n) is 10.3. The van der Waals surface area contributed by atoms with E-state index in [1.807, 2.05) is 11.5 Å². The van der Waals surface area contributed by atoms with Gasteiger partial charge >= 0.3 is 6.55 Å². The van der Waals surface area contributed by atoms with Crippen molar-refractivity contribution >= 4 is 11.8 Å². The molecule has 0 aliphatic heterocycles. The van der Waals surface area contributed by atoms with E-state index in [4.69, 9.17) is 5.73 Å². The Balaban J connectivity index is 2.10. The minimum absolute atomic E-state index is 0.299. The zero-order chi connectivity index (χ0) is 13.8. The highest BCUT2D eigenvalue weighted by Crippen LogP contribution is 2.23. The van der Waals surface area contributed by atoms with Crippen LogP contribution in [0.4, 0.5) is 8.78 Å². The first-order chi connectivity index (χ1) is 9.17. The minimum Gasteiger partial charge on any atom is -0.324 e. The molecule has 0 atom stereocenters. The van der Waals surface area contributed by atoms with Gasteiger partial charge in [-0.15, -0.1) is 10.2 Å². The number of imidazole rings is 1. The van der Waals surface area contributed by atoms with E-state index >= 15 is 0 Å². The Kier molecular flexibility index (Phi) is 4.48. The number of hydrogen-bond acceptors (Lipinski definition) is 5. The van der Waals surface area contributed by atoms with Gasteiger partial charge in [-0.05, 0) is 6.92 Å². The molecule has 0 aromatic carbocycles. The van der Waals surface area contributed by atoms with E-state index in [1.165, 1.54) is 24.2 Å². The molecule has 0 spiro atoms. The first kappa shape index (κ1) is 13.9. The van der Waals surface area contributed by atoms with Gasteiger partial charge in [-0.25, -0.2) is 4.98 Å². The van der Waals surface area contributed by atoms with E-state index in [0.717, 1.165) is 4.57 Å². The van der Waals surface area contributed by atoms with Crippen molar-refractivity contribution in [3.63, 3.8) is 0 Å². The van der Waals surface area contributed by atoms with E-state index in [2.05, 4.69) is 15.2 Å². The molecule has 0 amide bonds. The zero-order valence-corrected chi connectivity index (χ0v) is 11.1. The topological polar surface area (TPSA) is 74.6 Å². The summed E-state index contributed by atoms with van der Waals surface area (Å²) in [6, 6.07) is 0. The van der Waals surface area contributed by atoms with Gasteiger partial charge in [0, 0.05) is 18.9 Å². The fraction of sp³-hybridized carbons (Fsp3) is 0.500. The molecule has 0 saturated carbocycles. The number of alkyl halides is 2. The molecule has 2 aromatic heterocycles. The summed E-state index contributed by atoms with van der Waals surface area (Å²) in [5.41, 5.74) is 5.55. The normalized spacial score (nSPS) is 11.4. The summed E-state index contributed by atoms with van der Waals surface area (Å²) in [5, 5.41) is 8.62. The van der Waals surface area contributed by atoms with E-state index in [0.29, 0.717) is 35.6 Å². The van der Waals surface area contributed by atoms with Crippen LogP contribution in [0.5, 0.6) is 0 Å². The lowest BCUT2D eigenvalue weighted by atomic mass is 10.6. The maximum absolute atomic E-state index is 12.7. The summed E-state index contributed by atoms with van der Waals surface area (Å²) in [7, 11) is 0. The van der Waals surface area contributed by atoms with E-state index in [9.17, 15) is 8.78 Å². The van der Waals surface area contributed by atoms with Crippen molar-refractivity contribution in [1.29, 1.82) is 0 Å². The third-order valence-corrected chi connectivity index (χ3v) is 3.54. The summed E-state index contributed by atoms with van der Waals surface area (Å²) in [4.78, 5) is 3.91. The van der Waals surface area contributed by atoms with Crippen LogP contribution >= 0.6 is 11.8 Å². The smallest absolute Gasteiger partial charge is 0.319 e. The number of aromatic nitrogens is 5. The Hall–Kier alpha value is -1.48. The predicted molar refractivity (Wildman–Crippen MR) is 66.6 cm³/mol. The molecule has 2 N–H and O–H groups in total. The van der Waals surface area contributed by atoms with Crippen molar-refractivity contribution in [3.05, 3.63) is 24.0 Å². The fourth-order valence-corrected chi connectivity index (χ4v) is 2.63. The second kappa shape index (κ2) is 6.11. The van der Waals surface area contributed by atoms with Gasteiger partial charge in [0.05, 0.1) is 12.3 Å². The average Bonchev–Trinajstić information content (AvgIpc) is 3.01. The Morgan fingerprint density at radius 1 is 1.37 bits per heavy atom. The van der Waals surface area contributed by atoms with Gasteiger partial charge in [0.1, 0.15) is 11.6 Å². The number of rotatable bonds is 6. The van der Waals surface area contributed by atoms with Crippen LogP contribution < -0.4 is 5.73 Å². The number of halogens is 2. The van der Waals surface area contributed by atoms with Gasteiger partial charge in [-0.1, -0.05) is 11.8 Å². The maximum atomic E-state index is 12.7. The van der Waals surface area contributed by atoms with Crippen LogP contribution in [0.2, 0.25) is 0 Å². The van der Waals surface area contributed by atoms with Crippen LogP contribution in [0.25, 0.3) is 0 Å². The van der Waals surface area contributed by atoms with Gasteiger partial charge in [-0.2, -0.15) is 8.78 Å². The molecule has 104 valence electrons. The monoisotopic (exact) mass is 288 g/mol. The molecule has 2 rings (SSSR count). The molecule has 0 fully saturated rings. The predicted octanol–water partition coefficient (Wildman–Crippen LogP) is 1.64. The molecule has 6 nitrogen and oxygen atoms in total. The van der Waals surface area contributed by atoms with Crippen LogP contribution in [0.3, 0.4) is 0 Å². The van der Waals surface area contributed by atoms with Crippen LogP contribution in [0.15, 0.2) is 17.6 Å². The van der Waals surface area contributed by atoms with Crippen LogP contribution in [-0.2, 0) is 18.8 Å². The van der Waals surface area contributed by atoms with Gasteiger partial charge in [0.2, 0.25) is 0 Å². The molecule has 0 aliphatic rings. The molecule has 0 unspecified atom stereocenters. The van der Waals surface area contributed by atoms with Gasteiger partial charge in [0.15, 0.2) is 5.16 Å². The first-order valence-corrected chi connectivity index (χ1v) is 6.70. The summed E-state index contributed by atoms with van der Waals surface area (Å²) >= 11 is 1.31. The quantitative estimate of drug-likeness (QED) is 0.818. The van der Waals surface area contributed by atoms with Crippen LogP contribution in [-0.4, -0.2) is 24.3 Å². The molecular weight excluding hydrogens is 274 g/mol. The molecule has 0 saturated heterocycles. The fourth-order valence-electron chi connectivity index (χ4n) is 1.66. The van der Waals surface area contributed by atoms with Crippen molar-refractivity contribution in [3.8, 4) is 0 Å². The summed E-state index contributed by atoms with van der Waals surface area (Å²) in [6.45, 7) is 0.354. The van der Waals surface area contributed by atoms with Crippen molar-refractivity contribution in [2.75, 3.05) is 0 Å².